The first-order valence-corrected chi connectivity index (χ1v) is 7.87. The molecule has 0 amide bonds. The van der Waals surface area contributed by atoms with Crippen LogP contribution in [0.1, 0.15) is 45.1 Å². The molecule has 0 atom stereocenters. The first-order valence-electron chi connectivity index (χ1n) is 7.87. The lowest BCUT2D eigenvalue weighted by Gasteiger charge is -2.21. The summed E-state index contributed by atoms with van der Waals surface area (Å²) in [5.74, 6) is 0.950. The maximum Gasteiger partial charge on any atom is 0.119 e. The van der Waals surface area contributed by atoms with Crippen LogP contribution >= 0.6 is 0 Å². The van der Waals surface area contributed by atoms with E-state index in [9.17, 15) is 0 Å². The Labute approximate surface area is 124 Å². The van der Waals surface area contributed by atoms with Crippen LogP contribution < -0.4 is 4.74 Å². The summed E-state index contributed by atoms with van der Waals surface area (Å²) in [4.78, 5) is 2.55. The SMILES string of the molecule is C=Cc1ccc(OCCCN(CCC)CCCC)cc1. The predicted molar refractivity (Wildman–Crippen MR) is 88.3 cm³/mol. The third-order valence-corrected chi connectivity index (χ3v) is 3.37. The third kappa shape index (κ3) is 6.76. The van der Waals surface area contributed by atoms with Gasteiger partial charge in [0, 0.05) is 6.54 Å². The van der Waals surface area contributed by atoms with Gasteiger partial charge in [-0.05, 0) is 50.0 Å². The highest BCUT2D eigenvalue weighted by Gasteiger charge is 2.03. The number of unbranched alkanes of at least 4 members (excludes halogenated alkanes) is 1. The average molecular weight is 275 g/mol. The van der Waals surface area contributed by atoms with Gasteiger partial charge < -0.3 is 9.64 Å². The summed E-state index contributed by atoms with van der Waals surface area (Å²) in [7, 11) is 0. The predicted octanol–water partition coefficient (Wildman–Crippen LogP) is 4.61. The van der Waals surface area contributed by atoms with Gasteiger partial charge in [0.15, 0.2) is 0 Å². The molecule has 0 unspecified atom stereocenters. The lowest BCUT2D eigenvalue weighted by Crippen LogP contribution is -2.27. The van der Waals surface area contributed by atoms with E-state index in [1.165, 1.54) is 32.4 Å². The van der Waals surface area contributed by atoms with Crippen molar-refractivity contribution in [3.8, 4) is 5.75 Å². The lowest BCUT2D eigenvalue weighted by atomic mass is 10.2. The van der Waals surface area contributed by atoms with Gasteiger partial charge in [-0.3, -0.25) is 0 Å². The van der Waals surface area contributed by atoms with Crippen LogP contribution in [0, 0.1) is 0 Å². The molecule has 0 saturated heterocycles. The molecule has 0 bridgehead atoms. The monoisotopic (exact) mass is 275 g/mol. The molecule has 1 aromatic carbocycles. The van der Waals surface area contributed by atoms with Gasteiger partial charge in [-0.2, -0.15) is 0 Å². The number of ether oxygens (including phenoxy) is 1. The molecule has 2 nitrogen and oxygen atoms in total. The smallest absolute Gasteiger partial charge is 0.119 e. The number of rotatable bonds is 11. The number of benzene rings is 1. The highest BCUT2D eigenvalue weighted by atomic mass is 16.5. The Balaban J connectivity index is 2.22. The molecule has 0 aliphatic carbocycles. The molecule has 0 aromatic heterocycles. The Bertz CT molecular complexity index is 358. The summed E-state index contributed by atoms with van der Waals surface area (Å²) in [6, 6.07) is 8.09. The molecule has 20 heavy (non-hydrogen) atoms. The fourth-order valence-corrected chi connectivity index (χ4v) is 2.21. The highest BCUT2D eigenvalue weighted by Crippen LogP contribution is 2.13. The van der Waals surface area contributed by atoms with Crippen molar-refractivity contribution in [2.75, 3.05) is 26.2 Å². The van der Waals surface area contributed by atoms with E-state index in [2.05, 4.69) is 25.3 Å². The van der Waals surface area contributed by atoms with Crippen molar-refractivity contribution in [1.29, 1.82) is 0 Å². The van der Waals surface area contributed by atoms with E-state index in [-0.39, 0.29) is 0 Å². The molecule has 1 rings (SSSR count). The van der Waals surface area contributed by atoms with Gasteiger partial charge in [-0.25, -0.2) is 0 Å². The van der Waals surface area contributed by atoms with E-state index >= 15 is 0 Å². The van der Waals surface area contributed by atoms with Crippen molar-refractivity contribution in [2.45, 2.75) is 39.5 Å². The van der Waals surface area contributed by atoms with Gasteiger partial charge in [-0.1, -0.05) is 45.1 Å². The molecule has 1 aromatic rings. The van der Waals surface area contributed by atoms with Gasteiger partial charge in [0.25, 0.3) is 0 Å². The molecule has 0 saturated carbocycles. The second-order valence-corrected chi connectivity index (χ2v) is 5.17. The minimum Gasteiger partial charge on any atom is -0.494 e. The maximum atomic E-state index is 5.78. The first kappa shape index (κ1) is 16.8. The van der Waals surface area contributed by atoms with Gasteiger partial charge in [0.2, 0.25) is 0 Å². The van der Waals surface area contributed by atoms with Gasteiger partial charge in [-0.15, -0.1) is 0 Å². The van der Waals surface area contributed by atoms with Crippen LogP contribution in [0.15, 0.2) is 30.8 Å². The van der Waals surface area contributed by atoms with Gasteiger partial charge >= 0.3 is 0 Å². The number of hydrogen-bond donors (Lipinski definition) is 0. The molecule has 0 fully saturated rings. The third-order valence-electron chi connectivity index (χ3n) is 3.37. The topological polar surface area (TPSA) is 12.5 Å². The summed E-state index contributed by atoms with van der Waals surface area (Å²) in [5.41, 5.74) is 1.13. The van der Waals surface area contributed by atoms with E-state index < -0.39 is 0 Å². The van der Waals surface area contributed by atoms with Crippen LogP contribution in [0.25, 0.3) is 6.08 Å². The number of hydrogen-bond acceptors (Lipinski definition) is 2. The second kappa shape index (κ2) is 10.5. The van der Waals surface area contributed by atoms with Crippen molar-refractivity contribution < 1.29 is 4.74 Å². The highest BCUT2D eigenvalue weighted by molar-refractivity contribution is 5.48. The quantitative estimate of drug-likeness (QED) is 0.547. The zero-order valence-corrected chi connectivity index (χ0v) is 13.1. The minimum absolute atomic E-state index is 0.791. The molecule has 0 aliphatic rings. The average Bonchev–Trinajstić information content (AvgIpc) is 2.49. The fraction of sp³-hybridized carbons (Fsp3) is 0.556. The van der Waals surface area contributed by atoms with E-state index in [4.69, 9.17) is 4.74 Å². The minimum atomic E-state index is 0.791. The maximum absolute atomic E-state index is 5.78. The zero-order valence-electron chi connectivity index (χ0n) is 13.1. The molecule has 0 N–H and O–H groups in total. The Morgan fingerprint density at radius 2 is 1.70 bits per heavy atom. The van der Waals surface area contributed by atoms with Gasteiger partial charge in [0.05, 0.1) is 6.61 Å². The van der Waals surface area contributed by atoms with Crippen molar-refractivity contribution in [3.05, 3.63) is 36.4 Å². The molecule has 2 heteroatoms. The standard InChI is InChI=1S/C18H29NO/c1-4-7-14-19(13-5-2)15-8-16-20-18-11-9-17(6-3)10-12-18/h6,9-12H,3-5,7-8,13-16H2,1-2H3. The van der Waals surface area contributed by atoms with Crippen LogP contribution in [0.5, 0.6) is 5.75 Å². The molecular formula is C18H29NO. The van der Waals surface area contributed by atoms with Crippen molar-refractivity contribution in [2.24, 2.45) is 0 Å². The van der Waals surface area contributed by atoms with Crippen molar-refractivity contribution in [1.82, 2.24) is 4.90 Å². The Morgan fingerprint density at radius 3 is 2.30 bits per heavy atom. The molecular weight excluding hydrogens is 246 g/mol. The van der Waals surface area contributed by atoms with Gasteiger partial charge in [0.1, 0.15) is 5.75 Å². The van der Waals surface area contributed by atoms with E-state index in [0.29, 0.717) is 0 Å². The Hall–Kier alpha value is -1.28. The first-order chi connectivity index (χ1) is 9.80. The summed E-state index contributed by atoms with van der Waals surface area (Å²) in [6.07, 6.45) is 6.73. The zero-order chi connectivity index (χ0) is 14.6. The summed E-state index contributed by atoms with van der Waals surface area (Å²) in [5, 5.41) is 0. The molecule has 0 heterocycles. The Kier molecular flexibility index (Phi) is 8.81. The van der Waals surface area contributed by atoms with Crippen LogP contribution in [0.4, 0.5) is 0 Å². The van der Waals surface area contributed by atoms with E-state index in [1.54, 1.807) is 0 Å². The van der Waals surface area contributed by atoms with E-state index in [0.717, 1.165) is 30.9 Å². The van der Waals surface area contributed by atoms with Crippen LogP contribution in [0.3, 0.4) is 0 Å². The van der Waals surface area contributed by atoms with E-state index in [1.807, 2.05) is 30.3 Å². The van der Waals surface area contributed by atoms with Crippen LogP contribution in [-0.4, -0.2) is 31.1 Å². The van der Waals surface area contributed by atoms with Crippen molar-refractivity contribution >= 4 is 6.08 Å². The normalized spacial score (nSPS) is 10.8. The Morgan fingerprint density at radius 1 is 1.00 bits per heavy atom. The molecule has 0 spiro atoms. The van der Waals surface area contributed by atoms with Crippen molar-refractivity contribution in [3.63, 3.8) is 0 Å². The van der Waals surface area contributed by atoms with Crippen LogP contribution in [0.2, 0.25) is 0 Å². The molecule has 0 aliphatic heterocycles. The largest absolute Gasteiger partial charge is 0.494 e. The number of nitrogens with zero attached hydrogens (tertiary/aromatic N) is 1. The summed E-state index contributed by atoms with van der Waals surface area (Å²) in [6.45, 7) is 12.6. The summed E-state index contributed by atoms with van der Waals surface area (Å²) >= 11 is 0. The fourth-order valence-electron chi connectivity index (χ4n) is 2.21. The second-order valence-electron chi connectivity index (χ2n) is 5.17. The van der Waals surface area contributed by atoms with Crippen LogP contribution in [-0.2, 0) is 0 Å². The lowest BCUT2D eigenvalue weighted by molar-refractivity contribution is 0.232. The summed E-state index contributed by atoms with van der Waals surface area (Å²) < 4.78 is 5.78. The molecule has 112 valence electrons. The molecule has 0 radical (unpaired) electrons.